The van der Waals surface area contributed by atoms with E-state index >= 15 is 0 Å². The van der Waals surface area contributed by atoms with Gasteiger partial charge in [0.05, 0.1) is 6.10 Å². The van der Waals surface area contributed by atoms with Crippen LogP contribution in [-0.4, -0.2) is 30.5 Å². The summed E-state index contributed by atoms with van der Waals surface area (Å²) in [6, 6.07) is 6.43. The highest BCUT2D eigenvalue weighted by Crippen LogP contribution is 2.40. The Morgan fingerprint density at radius 3 is 2.68 bits per heavy atom. The van der Waals surface area contributed by atoms with Gasteiger partial charge in [-0.2, -0.15) is 0 Å². The summed E-state index contributed by atoms with van der Waals surface area (Å²) in [5, 5.41) is 13.2. The number of nitrogens with one attached hydrogen (secondary N) is 1. The fraction of sp³-hybridized carbons (Fsp3) is 0.600. The van der Waals surface area contributed by atoms with Crippen molar-refractivity contribution < 1.29 is 14.6 Å². The van der Waals surface area contributed by atoms with Gasteiger partial charge in [0.2, 0.25) is 0 Å². The molecule has 104 valence electrons. The van der Waals surface area contributed by atoms with Gasteiger partial charge in [-0.1, -0.05) is 19.9 Å². The number of aliphatic hydroxyl groups is 1. The molecule has 4 heteroatoms. The molecule has 0 spiro atoms. The summed E-state index contributed by atoms with van der Waals surface area (Å²) in [7, 11) is 0. The van der Waals surface area contributed by atoms with Gasteiger partial charge in [0, 0.05) is 18.0 Å². The SMILES string of the molecule is CC1(C)C(O)CC1NCc1ccc2c(c1)OCCO2. The third kappa shape index (κ3) is 2.30. The van der Waals surface area contributed by atoms with Gasteiger partial charge in [0.15, 0.2) is 11.5 Å². The molecule has 1 heterocycles. The summed E-state index contributed by atoms with van der Waals surface area (Å²) in [6.45, 7) is 6.23. The lowest BCUT2D eigenvalue weighted by Gasteiger charge is -2.49. The number of ether oxygens (including phenoxy) is 2. The average Bonchev–Trinajstić information content (AvgIpc) is 2.43. The van der Waals surface area contributed by atoms with Gasteiger partial charge in [-0.3, -0.25) is 0 Å². The highest BCUT2D eigenvalue weighted by Gasteiger charge is 2.46. The third-order valence-electron chi connectivity index (χ3n) is 4.38. The second-order valence-electron chi connectivity index (χ2n) is 5.98. The Balaban J connectivity index is 1.62. The first-order chi connectivity index (χ1) is 9.07. The minimum absolute atomic E-state index is 0.0339. The lowest BCUT2D eigenvalue weighted by atomic mass is 9.64. The van der Waals surface area contributed by atoms with E-state index in [1.807, 2.05) is 12.1 Å². The number of hydrogen-bond acceptors (Lipinski definition) is 4. The van der Waals surface area contributed by atoms with Crippen molar-refractivity contribution in [1.82, 2.24) is 5.32 Å². The maximum absolute atomic E-state index is 9.72. The van der Waals surface area contributed by atoms with Gasteiger partial charge in [-0.05, 0) is 24.1 Å². The third-order valence-corrected chi connectivity index (χ3v) is 4.38. The highest BCUT2D eigenvalue weighted by atomic mass is 16.6. The first-order valence-corrected chi connectivity index (χ1v) is 6.87. The molecular formula is C15H21NO3. The molecule has 2 atom stereocenters. The summed E-state index contributed by atoms with van der Waals surface area (Å²) in [4.78, 5) is 0. The average molecular weight is 263 g/mol. The van der Waals surface area contributed by atoms with E-state index < -0.39 is 0 Å². The first-order valence-electron chi connectivity index (χ1n) is 6.87. The fourth-order valence-corrected chi connectivity index (χ4v) is 2.69. The first kappa shape index (κ1) is 12.8. The molecule has 3 rings (SSSR count). The Morgan fingerprint density at radius 1 is 1.26 bits per heavy atom. The molecule has 1 aliphatic carbocycles. The molecule has 2 unspecified atom stereocenters. The Labute approximate surface area is 113 Å². The van der Waals surface area contributed by atoms with E-state index in [2.05, 4.69) is 25.2 Å². The number of fused-ring (bicyclic) bond motifs is 1. The van der Waals surface area contributed by atoms with Crippen LogP contribution < -0.4 is 14.8 Å². The van der Waals surface area contributed by atoms with Crippen molar-refractivity contribution in [2.45, 2.75) is 39.0 Å². The summed E-state index contributed by atoms with van der Waals surface area (Å²) >= 11 is 0. The van der Waals surface area contributed by atoms with Crippen LogP contribution in [0.4, 0.5) is 0 Å². The molecule has 2 aliphatic rings. The van der Waals surface area contributed by atoms with E-state index in [1.54, 1.807) is 0 Å². The Kier molecular flexibility index (Phi) is 3.15. The van der Waals surface area contributed by atoms with Gasteiger partial charge >= 0.3 is 0 Å². The zero-order chi connectivity index (χ0) is 13.5. The van der Waals surface area contributed by atoms with Crippen molar-refractivity contribution in [1.29, 1.82) is 0 Å². The van der Waals surface area contributed by atoms with Gasteiger partial charge in [-0.15, -0.1) is 0 Å². The lowest BCUT2D eigenvalue weighted by molar-refractivity contribution is -0.0729. The molecule has 1 aliphatic heterocycles. The van der Waals surface area contributed by atoms with Crippen LogP contribution >= 0.6 is 0 Å². The molecule has 0 amide bonds. The highest BCUT2D eigenvalue weighted by molar-refractivity contribution is 5.43. The largest absolute Gasteiger partial charge is 0.486 e. The molecule has 2 N–H and O–H groups in total. The lowest BCUT2D eigenvalue weighted by Crippen LogP contribution is -2.59. The molecule has 19 heavy (non-hydrogen) atoms. The van der Waals surface area contributed by atoms with E-state index in [9.17, 15) is 5.11 Å². The minimum Gasteiger partial charge on any atom is -0.486 e. The van der Waals surface area contributed by atoms with Crippen molar-refractivity contribution in [2.75, 3.05) is 13.2 Å². The zero-order valence-electron chi connectivity index (χ0n) is 11.5. The van der Waals surface area contributed by atoms with E-state index in [4.69, 9.17) is 9.47 Å². The predicted octanol–water partition coefficient (Wildman–Crippen LogP) is 1.71. The van der Waals surface area contributed by atoms with E-state index in [0.29, 0.717) is 19.3 Å². The maximum Gasteiger partial charge on any atom is 0.161 e. The van der Waals surface area contributed by atoms with Crippen LogP contribution in [0.25, 0.3) is 0 Å². The normalized spacial score (nSPS) is 27.7. The molecular weight excluding hydrogens is 242 g/mol. The summed E-state index contributed by atoms with van der Waals surface area (Å²) in [5.74, 6) is 1.66. The maximum atomic E-state index is 9.72. The van der Waals surface area contributed by atoms with Crippen LogP contribution in [0.1, 0.15) is 25.8 Å². The van der Waals surface area contributed by atoms with Gasteiger partial charge in [0.1, 0.15) is 13.2 Å². The molecule has 4 nitrogen and oxygen atoms in total. The quantitative estimate of drug-likeness (QED) is 0.871. The van der Waals surface area contributed by atoms with E-state index in [0.717, 1.165) is 24.5 Å². The molecule has 1 fully saturated rings. The standard InChI is InChI=1S/C15H21NO3/c1-15(2)13(8-14(15)17)16-9-10-3-4-11-12(7-10)19-6-5-18-11/h3-4,7,13-14,16-17H,5-6,8-9H2,1-2H3. The number of aliphatic hydroxyl groups excluding tert-OH is 1. The number of rotatable bonds is 3. The van der Waals surface area contributed by atoms with Crippen LogP contribution in [0, 0.1) is 5.41 Å². The molecule has 0 bridgehead atoms. The molecule has 1 saturated carbocycles. The number of benzene rings is 1. The Morgan fingerprint density at radius 2 is 2.00 bits per heavy atom. The molecule has 0 radical (unpaired) electrons. The molecule has 0 aromatic heterocycles. The van der Waals surface area contributed by atoms with Crippen molar-refractivity contribution in [3.63, 3.8) is 0 Å². The predicted molar refractivity (Wildman–Crippen MR) is 72.5 cm³/mol. The Hall–Kier alpha value is -1.26. The van der Waals surface area contributed by atoms with E-state index in [1.165, 1.54) is 5.56 Å². The van der Waals surface area contributed by atoms with Gasteiger partial charge in [0.25, 0.3) is 0 Å². The monoisotopic (exact) mass is 263 g/mol. The van der Waals surface area contributed by atoms with E-state index in [-0.39, 0.29) is 11.5 Å². The second kappa shape index (κ2) is 4.69. The Bertz CT molecular complexity index is 472. The van der Waals surface area contributed by atoms with Crippen LogP contribution in [0.2, 0.25) is 0 Å². The molecule has 0 saturated heterocycles. The van der Waals surface area contributed by atoms with Crippen LogP contribution in [0.15, 0.2) is 18.2 Å². The summed E-state index contributed by atoms with van der Waals surface area (Å²) in [5.41, 5.74) is 1.15. The summed E-state index contributed by atoms with van der Waals surface area (Å²) in [6.07, 6.45) is 0.641. The smallest absolute Gasteiger partial charge is 0.161 e. The van der Waals surface area contributed by atoms with Crippen LogP contribution in [0.3, 0.4) is 0 Å². The van der Waals surface area contributed by atoms with Crippen LogP contribution in [0.5, 0.6) is 11.5 Å². The zero-order valence-corrected chi connectivity index (χ0v) is 11.5. The van der Waals surface area contributed by atoms with Gasteiger partial charge < -0.3 is 19.9 Å². The van der Waals surface area contributed by atoms with Crippen molar-refractivity contribution in [2.24, 2.45) is 5.41 Å². The van der Waals surface area contributed by atoms with Crippen molar-refractivity contribution in [3.8, 4) is 11.5 Å². The van der Waals surface area contributed by atoms with Crippen LogP contribution in [-0.2, 0) is 6.54 Å². The van der Waals surface area contributed by atoms with Crippen molar-refractivity contribution >= 4 is 0 Å². The van der Waals surface area contributed by atoms with Gasteiger partial charge in [-0.25, -0.2) is 0 Å². The second-order valence-corrected chi connectivity index (χ2v) is 5.98. The topological polar surface area (TPSA) is 50.7 Å². The molecule has 1 aromatic carbocycles. The molecule has 1 aromatic rings. The fourth-order valence-electron chi connectivity index (χ4n) is 2.69. The number of hydrogen-bond donors (Lipinski definition) is 2. The summed E-state index contributed by atoms with van der Waals surface area (Å²) < 4.78 is 11.1. The van der Waals surface area contributed by atoms with Crippen molar-refractivity contribution in [3.05, 3.63) is 23.8 Å². The minimum atomic E-state index is -0.190.